The van der Waals surface area contributed by atoms with Crippen LogP contribution in [0.25, 0.3) is 43.8 Å². The minimum absolute atomic E-state index is 0. The molecule has 0 saturated carbocycles. The van der Waals surface area contributed by atoms with Crippen LogP contribution in [-0.2, 0) is 20.1 Å². The Kier molecular flexibility index (Phi) is 7.84. The van der Waals surface area contributed by atoms with Crippen molar-refractivity contribution in [3.63, 3.8) is 0 Å². The summed E-state index contributed by atoms with van der Waals surface area (Å²) in [5.41, 5.74) is 5.81. The Morgan fingerprint density at radius 1 is 0.833 bits per heavy atom. The number of nitrogens with zero attached hydrogens (tertiary/aromatic N) is 3. The number of phenolic OH excluding ortho intramolecular Hbond substituents is 1. The largest absolute Gasteiger partial charge is 0.507 e. The van der Waals surface area contributed by atoms with Crippen molar-refractivity contribution < 1.29 is 25.2 Å². The molecule has 0 unspecified atom stereocenters. The molecule has 6 aromatic rings. The van der Waals surface area contributed by atoms with E-state index in [0.717, 1.165) is 38.6 Å². The molecule has 5 aromatic carbocycles. The number of aromatic nitrogens is 2. The van der Waals surface area contributed by atoms with Crippen LogP contribution in [0, 0.1) is 13.0 Å². The molecule has 0 spiro atoms. The topological polar surface area (TPSA) is 58.4 Å². The predicted molar refractivity (Wildman–Crippen MR) is 145 cm³/mol. The molecule has 0 aliphatic heterocycles. The van der Waals surface area contributed by atoms with Gasteiger partial charge in [0.1, 0.15) is 5.75 Å². The zero-order valence-corrected chi connectivity index (χ0v) is 22.3. The molecule has 0 atom stereocenters. The third-order valence-electron chi connectivity index (χ3n) is 5.86. The molecular formula is C31H24IrN3O-. The van der Waals surface area contributed by atoms with Gasteiger partial charge in [-0.3, -0.25) is 9.98 Å². The van der Waals surface area contributed by atoms with Gasteiger partial charge in [0.25, 0.3) is 0 Å². The van der Waals surface area contributed by atoms with E-state index < -0.39 is 0 Å². The average molecular weight is 647 g/mol. The Balaban J connectivity index is 0.000000236. The molecule has 36 heavy (non-hydrogen) atoms. The van der Waals surface area contributed by atoms with E-state index in [0.29, 0.717) is 0 Å². The van der Waals surface area contributed by atoms with Crippen molar-refractivity contribution in [1.82, 2.24) is 9.97 Å². The summed E-state index contributed by atoms with van der Waals surface area (Å²) < 4.78 is 0. The molecule has 1 N–H and O–H groups in total. The van der Waals surface area contributed by atoms with Crippen molar-refractivity contribution in [1.29, 1.82) is 0 Å². The second-order valence-corrected chi connectivity index (χ2v) is 8.27. The number of phenols is 1. The Labute approximate surface area is 223 Å². The molecule has 0 bridgehead atoms. The number of rotatable bonds is 2. The summed E-state index contributed by atoms with van der Waals surface area (Å²) in [6.07, 6.45) is 3.49. The molecule has 1 aromatic heterocycles. The van der Waals surface area contributed by atoms with E-state index in [2.05, 4.69) is 72.6 Å². The first-order valence-corrected chi connectivity index (χ1v) is 11.4. The monoisotopic (exact) mass is 647 g/mol. The fraction of sp³-hybridized carbons (Fsp3) is 0.0645. The standard InChI is InChI=1S/C23H15N2.C8H9NO.Ir/c1-15-7-6-8-16(13-15)21-14-24-22-19-11-4-2-9-17(19)18-10-3-5-12-20(18)23(22)25-21;1-9-6-7-4-2-3-5-8(7)10;/h2-10,12-14H,1H3;2-6,10H,1H3;/q-1;;. The van der Waals surface area contributed by atoms with Crippen molar-refractivity contribution in [2.75, 3.05) is 7.05 Å². The van der Waals surface area contributed by atoms with Crippen LogP contribution < -0.4 is 0 Å². The number of hydrogen-bond acceptors (Lipinski definition) is 4. The van der Waals surface area contributed by atoms with E-state index in [-0.39, 0.29) is 25.9 Å². The Morgan fingerprint density at radius 3 is 2.36 bits per heavy atom. The number of aliphatic imine (C=N–C) groups is 1. The van der Waals surface area contributed by atoms with E-state index in [1.54, 1.807) is 25.4 Å². The van der Waals surface area contributed by atoms with E-state index in [4.69, 9.17) is 15.1 Å². The molecule has 179 valence electrons. The summed E-state index contributed by atoms with van der Waals surface area (Å²) in [7, 11) is 1.67. The van der Waals surface area contributed by atoms with Gasteiger partial charge in [0.2, 0.25) is 0 Å². The molecule has 0 saturated heterocycles. The average Bonchev–Trinajstić information content (AvgIpc) is 2.90. The first-order chi connectivity index (χ1) is 17.2. The SMILES string of the molecule is CN=Cc1ccccc1O.Cc1cccc(-c2cnc3c4[c-]cccc4c4ccccc4c3n2)c1.[Ir]. The second kappa shape index (κ2) is 11.2. The number of benzene rings is 5. The van der Waals surface area contributed by atoms with Crippen LogP contribution in [0.5, 0.6) is 5.75 Å². The molecule has 0 aliphatic rings. The molecule has 1 heterocycles. The summed E-state index contributed by atoms with van der Waals surface area (Å²) in [4.78, 5) is 13.5. The van der Waals surface area contributed by atoms with Crippen molar-refractivity contribution in [2.45, 2.75) is 6.92 Å². The smallest absolute Gasteiger partial charge is 0.124 e. The maximum atomic E-state index is 9.15. The number of aryl methyl sites for hydroxylation is 1. The second-order valence-electron chi connectivity index (χ2n) is 8.27. The third kappa shape index (κ3) is 5.03. The van der Waals surface area contributed by atoms with Gasteiger partial charge in [-0.2, -0.15) is 0 Å². The number of hydrogen-bond donors (Lipinski definition) is 1. The van der Waals surface area contributed by atoms with Crippen LogP contribution in [0.2, 0.25) is 0 Å². The fourth-order valence-corrected chi connectivity index (χ4v) is 4.22. The predicted octanol–water partition coefficient (Wildman–Crippen LogP) is 7.15. The minimum atomic E-state index is 0. The van der Waals surface area contributed by atoms with Crippen LogP contribution >= 0.6 is 0 Å². The van der Waals surface area contributed by atoms with Crippen LogP contribution in [0.3, 0.4) is 0 Å². The van der Waals surface area contributed by atoms with Gasteiger partial charge < -0.3 is 10.1 Å². The fourth-order valence-electron chi connectivity index (χ4n) is 4.22. The van der Waals surface area contributed by atoms with Gasteiger partial charge in [-0.1, -0.05) is 70.9 Å². The molecule has 1 radical (unpaired) electrons. The Hall–Kier alpha value is -3.92. The van der Waals surface area contributed by atoms with Gasteiger partial charge in [0.05, 0.1) is 11.2 Å². The number of fused-ring (bicyclic) bond motifs is 6. The zero-order chi connectivity index (χ0) is 24.2. The molecule has 0 fully saturated rings. The van der Waals surface area contributed by atoms with Gasteiger partial charge in [-0.25, -0.2) is 0 Å². The van der Waals surface area contributed by atoms with Gasteiger partial charge in [0.15, 0.2) is 0 Å². The minimum Gasteiger partial charge on any atom is -0.507 e. The van der Waals surface area contributed by atoms with E-state index >= 15 is 0 Å². The van der Waals surface area contributed by atoms with Crippen LogP contribution in [0.4, 0.5) is 0 Å². The van der Waals surface area contributed by atoms with Crippen LogP contribution in [-0.4, -0.2) is 28.3 Å². The summed E-state index contributed by atoms with van der Waals surface area (Å²) >= 11 is 0. The Morgan fingerprint density at radius 2 is 1.58 bits per heavy atom. The van der Waals surface area contributed by atoms with Crippen LogP contribution in [0.1, 0.15) is 11.1 Å². The summed E-state index contributed by atoms with van der Waals surface area (Å²) in [5.74, 6) is 0.271. The van der Waals surface area contributed by atoms with Gasteiger partial charge in [-0.05, 0) is 30.5 Å². The number of para-hydroxylation sites is 1. The maximum Gasteiger partial charge on any atom is 0.124 e. The molecule has 6 rings (SSSR count). The normalized spacial score (nSPS) is 10.8. The van der Waals surface area contributed by atoms with E-state index in [9.17, 15) is 0 Å². The van der Waals surface area contributed by atoms with Gasteiger partial charge in [0, 0.05) is 56.2 Å². The molecular weight excluding hydrogens is 623 g/mol. The van der Waals surface area contributed by atoms with Crippen molar-refractivity contribution in [3.05, 3.63) is 114 Å². The summed E-state index contributed by atoms with van der Waals surface area (Å²) in [5, 5.41) is 13.7. The van der Waals surface area contributed by atoms with E-state index in [1.807, 2.05) is 30.5 Å². The maximum absolute atomic E-state index is 9.15. The van der Waals surface area contributed by atoms with Crippen molar-refractivity contribution in [2.24, 2.45) is 4.99 Å². The summed E-state index contributed by atoms with van der Waals surface area (Å²) in [6, 6.07) is 33.3. The molecule has 0 amide bonds. The van der Waals surface area contributed by atoms with Crippen molar-refractivity contribution in [3.8, 4) is 17.0 Å². The van der Waals surface area contributed by atoms with Gasteiger partial charge in [-0.15, -0.1) is 29.7 Å². The first kappa shape index (κ1) is 25.2. The van der Waals surface area contributed by atoms with Crippen LogP contribution in [0.15, 0.2) is 102 Å². The quantitative estimate of drug-likeness (QED) is 0.124. The molecule has 0 aliphatic carbocycles. The summed E-state index contributed by atoms with van der Waals surface area (Å²) in [6.45, 7) is 2.09. The first-order valence-electron chi connectivity index (χ1n) is 11.4. The molecule has 5 heteroatoms. The third-order valence-corrected chi connectivity index (χ3v) is 5.86. The van der Waals surface area contributed by atoms with Gasteiger partial charge >= 0.3 is 0 Å². The van der Waals surface area contributed by atoms with E-state index in [1.165, 1.54) is 16.3 Å². The Bertz CT molecular complexity index is 1660. The number of aromatic hydroxyl groups is 1. The van der Waals surface area contributed by atoms with Crippen molar-refractivity contribution >= 4 is 38.8 Å². The molecule has 4 nitrogen and oxygen atoms in total. The zero-order valence-electron chi connectivity index (χ0n) is 19.9.